The third-order valence-electron chi connectivity index (χ3n) is 4.19. The molecule has 1 unspecified atom stereocenters. The molecular formula is C18H20BrNO. The van der Waals surface area contributed by atoms with Gasteiger partial charge >= 0.3 is 0 Å². The molecule has 0 saturated heterocycles. The van der Waals surface area contributed by atoms with Gasteiger partial charge in [0.15, 0.2) is 0 Å². The molecule has 1 aliphatic carbocycles. The van der Waals surface area contributed by atoms with Gasteiger partial charge in [-0.1, -0.05) is 22.0 Å². The van der Waals surface area contributed by atoms with Gasteiger partial charge in [-0.05, 0) is 73.2 Å². The molecule has 0 saturated carbocycles. The zero-order valence-electron chi connectivity index (χ0n) is 12.4. The molecule has 0 bridgehead atoms. The third kappa shape index (κ3) is 3.08. The van der Waals surface area contributed by atoms with Crippen LogP contribution < -0.4 is 10.1 Å². The minimum absolute atomic E-state index is 0.365. The van der Waals surface area contributed by atoms with E-state index in [9.17, 15) is 0 Å². The molecule has 1 aliphatic rings. The molecule has 2 aromatic carbocycles. The number of aryl methyl sites for hydroxylation is 2. The smallest absolute Gasteiger partial charge is 0.119 e. The molecule has 1 atom stereocenters. The topological polar surface area (TPSA) is 21.3 Å². The summed E-state index contributed by atoms with van der Waals surface area (Å²) in [6, 6.07) is 13.2. The first-order valence-corrected chi connectivity index (χ1v) is 8.16. The fraction of sp³-hybridized carbons (Fsp3) is 0.333. The molecule has 1 N–H and O–H groups in total. The fourth-order valence-electron chi connectivity index (χ4n) is 3.03. The van der Waals surface area contributed by atoms with Crippen LogP contribution in [0.4, 0.5) is 5.69 Å². The number of halogens is 1. The second-order valence-corrected chi connectivity index (χ2v) is 6.53. The van der Waals surface area contributed by atoms with E-state index in [2.05, 4.69) is 64.6 Å². The molecule has 110 valence electrons. The lowest BCUT2D eigenvalue weighted by molar-refractivity contribution is 0.413. The standard InChI is InChI=1S/C18H20BrNO/c1-12-10-14(19)7-9-17(12)20-18-5-3-4-13-6-8-15(21-2)11-16(13)18/h6-11,18,20H,3-5H2,1-2H3. The molecule has 0 aliphatic heterocycles. The van der Waals surface area contributed by atoms with Crippen molar-refractivity contribution in [1.82, 2.24) is 0 Å². The second-order valence-electron chi connectivity index (χ2n) is 5.61. The van der Waals surface area contributed by atoms with Gasteiger partial charge in [0.2, 0.25) is 0 Å². The lowest BCUT2D eigenvalue weighted by Gasteiger charge is -2.28. The van der Waals surface area contributed by atoms with E-state index < -0.39 is 0 Å². The Bertz CT molecular complexity index is 654. The zero-order valence-corrected chi connectivity index (χ0v) is 14.0. The van der Waals surface area contributed by atoms with E-state index >= 15 is 0 Å². The van der Waals surface area contributed by atoms with Gasteiger partial charge in [0.05, 0.1) is 13.2 Å². The summed E-state index contributed by atoms with van der Waals surface area (Å²) in [7, 11) is 1.73. The third-order valence-corrected chi connectivity index (χ3v) is 4.68. The van der Waals surface area contributed by atoms with E-state index in [1.165, 1.54) is 28.8 Å². The number of methoxy groups -OCH3 is 1. The summed E-state index contributed by atoms with van der Waals surface area (Å²) < 4.78 is 6.51. The Kier molecular flexibility index (Phi) is 4.20. The highest BCUT2D eigenvalue weighted by Gasteiger charge is 2.21. The summed E-state index contributed by atoms with van der Waals surface area (Å²) in [4.78, 5) is 0. The molecule has 3 heteroatoms. The van der Waals surface area contributed by atoms with Gasteiger partial charge in [0.25, 0.3) is 0 Å². The number of fused-ring (bicyclic) bond motifs is 1. The van der Waals surface area contributed by atoms with Gasteiger partial charge in [-0.25, -0.2) is 0 Å². The lowest BCUT2D eigenvalue weighted by atomic mass is 9.87. The first-order valence-electron chi connectivity index (χ1n) is 7.37. The summed E-state index contributed by atoms with van der Waals surface area (Å²) in [5.41, 5.74) is 5.29. The molecule has 0 fully saturated rings. The first-order chi connectivity index (χ1) is 10.2. The highest BCUT2D eigenvalue weighted by molar-refractivity contribution is 9.10. The van der Waals surface area contributed by atoms with Crippen molar-refractivity contribution in [3.8, 4) is 5.75 Å². The molecular weight excluding hydrogens is 326 g/mol. The van der Waals surface area contributed by atoms with E-state index in [1.807, 2.05) is 0 Å². The van der Waals surface area contributed by atoms with Crippen molar-refractivity contribution in [2.75, 3.05) is 12.4 Å². The summed E-state index contributed by atoms with van der Waals surface area (Å²) in [5, 5.41) is 3.71. The molecule has 2 aromatic rings. The summed E-state index contributed by atoms with van der Waals surface area (Å²) in [6.07, 6.45) is 3.55. The average molecular weight is 346 g/mol. The van der Waals surface area contributed by atoms with Crippen molar-refractivity contribution in [3.63, 3.8) is 0 Å². The maximum atomic E-state index is 5.38. The summed E-state index contributed by atoms with van der Waals surface area (Å²) in [5.74, 6) is 0.940. The van der Waals surface area contributed by atoms with Crippen LogP contribution in [0.25, 0.3) is 0 Å². The van der Waals surface area contributed by atoms with E-state index in [-0.39, 0.29) is 0 Å². The number of rotatable bonds is 3. The number of hydrogen-bond acceptors (Lipinski definition) is 2. The largest absolute Gasteiger partial charge is 0.497 e. The van der Waals surface area contributed by atoms with Crippen molar-refractivity contribution in [2.45, 2.75) is 32.2 Å². The van der Waals surface area contributed by atoms with Crippen LogP contribution >= 0.6 is 15.9 Å². The van der Waals surface area contributed by atoms with E-state index in [1.54, 1.807) is 7.11 Å². The lowest BCUT2D eigenvalue weighted by Crippen LogP contribution is -2.18. The number of nitrogens with one attached hydrogen (secondary N) is 1. The highest BCUT2D eigenvalue weighted by atomic mass is 79.9. The van der Waals surface area contributed by atoms with Crippen LogP contribution in [0.15, 0.2) is 40.9 Å². The Balaban J connectivity index is 1.90. The second kappa shape index (κ2) is 6.10. The monoisotopic (exact) mass is 345 g/mol. The van der Waals surface area contributed by atoms with Crippen LogP contribution in [0.5, 0.6) is 5.75 Å². The molecule has 0 amide bonds. The van der Waals surface area contributed by atoms with Crippen LogP contribution in [0.3, 0.4) is 0 Å². The Morgan fingerprint density at radius 2 is 2.05 bits per heavy atom. The van der Waals surface area contributed by atoms with Gasteiger partial charge in [0, 0.05) is 10.2 Å². The van der Waals surface area contributed by atoms with Gasteiger partial charge in [0.1, 0.15) is 5.75 Å². The number of anilines is 1. The first kappa shape index (κ1) is 14.5. The zero-order chi connectivity index (χ0) is 14.8. The molecule has 21 heavy (non-hydrogen) atoms. The van der Waals surface area contributed by atoms with Gasteiger partial charge in [-0.3, -0.25) is 0 Å². The quantitative estimate of drug-likeness (QED) is 0.819. The minimum atomic E-state index is 0.365. The number of ether oxygens (including phenoxy) is 1. The SMILES string of the molecule is COc1ccc2c(c1)C(Nc1ccc(Br)cc1C)CCC2. The van der Waals surface area contributed by atoms with Crippen molar-refractivity contribution in [3.05, 3.63) is 57.6 Å². The Labute approximate surface area is 134 Å². The minimum Gasteiger partial charge on any atom is -0.497 e. The van der Waals surface area contributed by atoms with Crippen molar-refractivity contribution < 1.29 is 4.74 Å². The highest BCUT2D eigenvalue weighted by Crippen LogP contribution is 2.35. The van der Waals surface area contributed by atoms with Crippen molar-refractivity contribution in [1.29, 1.82) is 0 Å². The predicted molar refractivity (Wildman–Crippen MR) is 91.2 cm³/mol. The molecule has 3 rings (SSSR count). The van der Waals surface area contributed by atoms with Gasteiger partial charge in [-0.2, -0.15) is 0 Å². The molecule has 0 radical (unpaired) electrons. The van der Waals surface area contributed by atoms with Crippen LogP contribution in [-0.2, 0) is 6.42 Å². The van der Waals surface area contributed by atoms with Crippen LogP contribution in [-0.4, -0.2) is 7.11 Å². The molecule has 0 spiro atoms. The number of hydrogen-bond donors (Lipinski definition) is 1. The van der Waals surface area contributed by atoms with Crippen molar-refractivity contribution in [2.24, 2.45) is 0 Å². The number of benzene rings is 2. The van der Waals surface area contributed by atoms with Crippen LogP contribution in [0.2, 0.25) is 0 Å². The molecule has 0 aromatic heterocycles. The molecule has 0 heterocycles. The van der Waals surface area contributed by atoms with Gasteiger partial charge < -0.3 is 10.1 Å². The van der Waals surface area contributed by atoms with Crippen LogP contribution in [0, 0.1) is 6.92 Å². The van der Waals surface area contributed by atoms with E-state index in [0.717, 1.165) is 23.1 Å². The Hall–Kier alpha value is -1.48. The maximum absolute atomic E-state index is 5.38. The normalized spacial score (nSPS) is 17.2. The summed E-state index contributed by atoms with van der Waals surface area (Å²) >= 11 is 3.52. The van der Waals surface area contributed by atoms with Crippen molar-refractivity contribution >= 4 is 21.6 Å². The van der Waals surface area contributed by atoms with E-state index in [0.29, 0.717) is 6.04 Å². The molecule has 2 nitrogen and oxygen atoms in total. The summed E-state index contributed by atoms with van der Waals surface area (Å²) in [6.45, 7) is 2.14. The Morgan fingerprint density at radius 3 is 2.81 bits per heavy atom. The average Bonchev–Trinajstić information content (AvgIpc) is 2.50. The van der Waals surface area contributed by atoms with Crippen LogP contribution in [0.1, 0.15) is 35.6 Å². The predicted octanol–water partition coefficient (Wildman–Crippen LogP) is 5.26. The Morgan fingerprint density at radius 1 is 1.19 bits per heavy atom. The fourth-order valence-corrected chi connectivity index (χ4v) is 3.51. The maximum Gasteiger partial charge on any atom is 0.119 e. The van der Waals surface area contributed by atoms with Gasteiger partial charge in [-0.15, -0.1) is 0 Å². The van der Waals surface area contributed by atoms with E-state index in [4.69, 9.17) is 4.74 Å².